The van der Waals surface area contributed by atoms with Crippen LogP contribution in [0.5, 0.6) is 5.75 Å². The maximum absolute atomic E-state index is 12.4. The number of aryl methyl sites for hydroxylation is 3. The van der Waals surface area contributed by atoms with Crippen LogP contribution >= 0.6 is 11.6 Å². The summed E-state index contributed by atoms with van der Waals surface area (Å²) in [4.78, 5) is 12.4. The molecule has 21 heavy (non-hydrogen) atoms. The average molecular weight is 307 g/mol. The molecule has 1 aromatic carbocycles. The molecule has 4 nitrogen and oxygen atoms in total. The molecule has 0 saturated carbocycles. The van der Waals surface area contributed by atoms with Gasteiger partial charge in [-0.3, -0.25) is 4.79 Å². The first-order chi connectivity index (χ1) is 9.92. The van der Waals surface area contributed by atoms with Gasteiger partial charge in [-0.05, 0) is 49.6 Å². The second-order valence-corrected chi connectivity index (χ2v) is 5.58. The fourth-order valence-electron chi connectivity index (χ4n) is 2.21. The summed E-state index contributed by atoms with van der Waals surface area (Å²) in [6.45, 7) is 6.42. The molecule has 0 saturated heterocycles. The number of nitrogens with zero attached hydrogens (tertiary/aromatic N) is 1. The van der Waals surface area contributed by atoms with Crippen LogP contribution in [0, 0.1) is 13.8 Å². The summed E-state index contributed by atoms with van der Waals surface area (Å²) in [5, 5.41) is 13.1. The Hall–Kier alpha value is -1.94. The van der Waals surface area contributed by atoms with Crippen LogP contribution in [0.15, 0.2) is 24.4 Å². The Morgan fingerprint density at radius 3 is 2.67 bits per heavy atom. The van der Waals surface area contributed by atoms with Gasteiger partial charge in [0.1, 0.15) is 11.4 Å². The third-order valence-corrected chi connectivity index (χ3v) is 3.56. The number of carbonyl (C=O) groups is 1. The van der Waals surface area contributed by atoms with Crippen LogP contribution in [0.3, 0.4) is 0 Å². The molecule has 0 fully saturated rings. The van der Waals surface area contributed by atoms with Crippen molar-refractivity contribution in [3.8, 4) is 5.75 Å². The first-order valence-corrected chi connectivity index (χ1v) is 7.27. The Morgan fingerprint density at radius 2 is 2.00 bits per heavy atom. The van der Waals surface area contributed by atoms with E-state index in [-0.39, 0.29) is 11.7 Å². The number of phenolic OH excluding ortho intramolecular Hbond substituents is 1. The van der Waals surface area contributed by atoms with Crippen molar-refractivity contribution in [3.63, 3.8) is 0 Å². The Labute approximate surface area is 129 Å². The highest BCUT2D eigenvalue weighted by Gasteiger charge is 2.14. The summed E-state index contributed by atoms with van der Waals surface area (Å²) in [5.74, 6) is 0.0199. The van der Waals surface area contributed by atoms with E-state index in [1.165, 1.54) is 0 Å². The third-order valence-electron chi connectivity index (χ3n) is 3.35. The first kappa shape index (κ1) is 15.4. The van der Waals surface area contributed by atoms with E-state index in [0.717, 1.165) is 24.1 Å². The smallest absolute Gasteiger partial charge is 0.272 e. The highest BCUT2D eigenvalue weighted by Crippen LogP contribution is 2.26. The quantitative estimate of drug-likeness (QED) is 0.835. The molecule has 1 amide bonds. The summed E-state index contributed by atoms with van der Waals surface area (Å²) in [5.41, 5.74) is 2.76. The van der Waals surface area contributed by atoms with Gasteiger partial charge >= 0.3 is 0 Å². The number of phenols is 1. The monoisotopic (exact) mass is 306 g/mol. The number of hydrogen-bond donors (Lipinski definition) is 2. The van der Waals surface area contributed by atoms with Crippen molar-refractivity contribution in [2.24, 2.45) is 0 Å². The standard InChI is InChI=1S/C16H19ClN2O2/c1-4-5-19-9-12(17)8-14(19)16(21)18-13-6-11(3)15(20)7-10(13)2/h6-9,20H,4-5H2,1-3H3,(H,18,21). The van der Waals surface area contributed by atoms with E-state index in [4.69, 9.17) is 11.6 Å². The van der Waals surface area contributed by atoms with Crippen LogP contribution in [0.25, 0.3) is 0 Å². The van der Waals surface area contributed by atoms with Crippen LogP contribution in [0.4, 0.5) is 5.69 Å². The molecule has 2 aromatic rings. The lowest BCUT2D eigenvalue weighted by Gasteiger charge is -2.12. The van der Waals surface area contributed by atoms with Crippen molar-refractivity contribution in [1.29, 1.82) is 0 Å². The van der Waals surface area contributed by atoms with E-state index in [9.17, 15) is 9.90 Å². The molecule has 2 N–H and O–H groups in total. The molecule has 0 aliphatic carbocycles. The molecule has 0 aliphatic heterocycles. The number of amides is 1. The number of carbonyl (C=O) groups excluding carboxylic acids is 1. The van der Waals surface area contributed by atoms with E-state index >= 15 is 0 Å². The number of benzene rings is 1. The van der Waals surface area contributed by atoms with Crippen molar-refractivity contribution in [3.05, 3.63) is 46.2 Å². The lowest BCUT2D eigenvalue weighted by molar-refractivity contribution is 0.101. The number of halogens is 1. The molecule has 1 heterocycles. The second kappa shape index (κ2) is 6.22. The van der Waals surface area contributed by atoms with Gasteiger partial charge in [0.05, 0.1) is 5.02 Å². The normalized spacial score (nSPS) is 10.7. The number of nitrogens with one attached hydrogen (secondary N) is 1. The van der Waals surface area contributed by atoms with Crippen molar-refractivity contribution in [2.75, 3.05) is 5.32 Å². The Bertz CT molecular complexity index is 677. The zero-order valence-corrected chi connectivity index (χ0v) is 13.2. The molecule has 0 aliphatic rings. The van der Waals surface area contributed by atoms with E-state index in [1.807, 2.05) is 18.4 Å². The maximum atomic E-state index is 12.4. The van der Waals surface area contributed by atoms with Crippen molar-refractivity contribution in [2.45, 2.75) is 33.7 Å². The molecule has 0 bridgehead atoms. The number of rotatable bonds is 4. The minimum absolute atomic E-state index is 0.205. The molecule has 0 spiro atoms. The van der Waals surface area contributed by atoms with Gasteiger partial charge in [0.25, 0.3) is 5.91 Å². The molecule has 5 heteroatoms. The summed E-state index contributed by atoms with van der Waals surface area (Å²) in [7, 11) is 0. The molecule has 0 unspecified atom stereocenters. The van der Waals surface area contributed by atoms with Crippen LogP contribution in [-0.2, 0) is 6.54 Å². The summed E-state index contributed by atoms with van der Waals surface area (Å²) in [6.07, 6.45) is 2.68. The van der Waals surface area contributed by atoms with Gasteiger partial charge in [-0.1, -0.05) is 18.5 Å². The van der Waals surface area contributed by atoms with Gasteiger partial charge in [-0.2, -0.15) is 0 Å². The highest BCUT2D eigenvalue weighted by molar-refractivity contribution is 6.31. The number of anilines is 1. The summed E-state index contributed by atoms with van der Waals surface area (Å²) < 4.78 is 1.85. The molecular weight excluding hydrogens is 288 g/mol. The maximum Gasteiger partial charge on any atom is 0.272 e. The number of aromatic hydroxyl groups is 1. The SMILES string of the molecule is CCCn1cc(Cl)cc1C(=O)Nc1cc(C)c(O)cc1C. The van der Waals surface area contributed by atoms with Gasteiger partial charge in [0.15, 0.2) is 0 Å². The minimum Gasteiger partial charge on any atom is -0.508 e. The molecule has 0 atom stereocenters. The van der Waals surface area contributed by atoms with Gasteiger partial charge in [0, 0.05) is 18.4 Å². The fraction of sp³-hybridized carbons (Fsp3) is 0.312. The molecule has 0 radical (unpaired) electrons. The van der Waals surface area contributed by atoms with Crippen LogP contribution in [-0.4, -0.2) is 15.6 Å². The van der Waals surface area contributed by atoms with Crippen molar-refractivity contribution < 1.29 is 9.90 Å². The molecular formula is C16H19ClN2O2. The molecule has 2 rings (SSSR count). The van der Waals surface area contributed by atoms with Gasteiger partial charge in [0.2, 0.25) is 0 Å². The second-order valence-electron chi connectivity index (χ2n) is 5.14. The van der Waals surface area contributed by atoms with Crippen LogP contribution in [0.2, 0.25) is 5.02 Å². The highest BCUT2D eigenvalue weighted by atomic mass is 35.5. The predicted octanol–water partition coefficient (Wildman–Crippen LogP) is 4.13. The number of aromatic nitrogens is 1. The van der Waals surface area contributed by atoms with E-state index in [1.54, 1.807) is 31.3 Å². The van der Waals surface area contributed by atoms with E-state index < -0.39 is 0 Å². The Kier molecular flexibility index (Phi) is 4.58. The topological polar surface area (TPSA) is 54.3 Å². The van der Waals surface area contributed by atoms with Crippen LogP contribution < -0.4 is 5.32 Å². The van der Waals surface area contributed by atoms with Crippen LogP contribution in [0.1, 0.15) is 35.0 Å². The fourth-order valence-corrected chi connectivity index (χ4v) is 2.43. The van der Waals surface area contributed by atoms with E-state index in [0.29, 0.717) is 16.4 Å². The average Bonchev–Trinajstić information content (AvgIpc) is 2.77. The summed E-state index contributed by atoms with van der Waals surface area (Å²) >= 11 is 5.99. The zero-order chi connectivity index (χ0) is 15.6. The molecule has 1 aromatic heterocycles. The van der Waals surface area contributed by atoms with Crippen molar-refractivity contribution >= 4 is 23.2 Å². The first-order valence-electron chi connectivity index (χ1n) is 6.89. The number of hydrogen-bond acceptors (Lipinski definition) is 2. The lowest BCUT2D eigenvalue weighted by atomic mass is 10.1. The third kappa shape index (κ3) is 3.39. The van der Waals surface area contributed by atoms with Gasteiger partial charge < -0.3 is 15.0 Å². The van der Waals surface area contributed by atoms with E-state index in [2.05, 4.69) is 5.32 Å². The largest absolute Gasteiger partial charge is 0.508 e. The molecule has 112 valence electrons. The van der Waals surface area contributed by atoms with Gasteiger partial charge in [-0.25, -0.2) is 0 Å². The van der Waals surface area contributed by atoms with Gasteiger partial charge in [-0.15, -0.1) is 0 Å². The Morgan fingerprint density at radius 1 is 1.29 bits per heavy atom. The lowest BCUT2D eigenvalue weighted by Crippen LogP contribution is -2.17. The van der Waals surface area contributed by atoms with Crippen molar-refractivity contribution in [1.82, 2.24) is 4.57 Å². The zero-order valence-electron chi connectivity index (χ0n) is 12.4. The minimum atomic E-state index is -0.205. The summed E-state index contributed by atoms with van der Waals surface area (Å²) in [6, 6.07) is 5.06. The Balaban J connectivity index is 2.28. The predicted molar refractivity (Wildman–Crippen MR) is 85.3 cm³/mol.